The monoisotopic (exact) mass is 627 g/mol. The minimum atomic E-state index is -0.758. The van der Waals surface area contributed by atoms with E-state index in [1.165, 1.54) is 22.0 Å². The van der Waals surface area contributed by atoms with Gasteiger partial charge < -0.3 is 4.74 Å². The molecule has 13 heteroatoms. The van der Waals surface area contributed by atoms with Crippen LogP contribution in [0.25, 0.3) is 11.8 Å². The van der Waals surface area contributed by atoms with Crippen molar-refractivity contribution >= 4 is 57.9 Å². The number of hydrogen-bond acceptors (Lipinski definition) is 11. The van der Waals surface area contributed by atoms with E-state index in [0.717, 1.165) is 33.5 Å². The number of nitro benzene ring substituents is 1. The lowest BCUT2D eigenvalue weighted by Crippen LogP contribution is -2.39. The predicted octanol–water partition coefficient (Wildman–Crippen LogP) is 4.85. The van der Waals surface area contributed by atoms with Crippen LogP contribution in [-0.4, -0.2) is 32.0 Å². The van der Waals surface area contributed by atoms with Crippen LogP contribution in [0.15, 0.2) is 110 Å². The molecule has 1 aliphatic heterocycles. The molecule has 4 heterocycles. The first kappa shape index (κ1) is 28.4. The molecule has 0 fully saturated rings. The average Bonchev–Trinajstić information content (AvgIpc) is 3.66. The van der Waals surface area contributed by atoms with Gasteiger partial charge in [0.05, 0.1) is 32.2 Å². The van der Waals surface area contributed by atoms with Crippen molar-refractivity contribution in [3.63, 3.8) is 0 Å². The van der Waals surface area contributed by atoms with E-state index in [4.69, 9.17) is 9.73 Å². The van der Waals surface area contributed by atoms with Crippen molar-refractivity contribution in [3.05, 3.63) is 136 Å². The number of ether oxygens (including phenoxy) is 1. The van der Waals surface area contributed by atoms with Gasteiger partial charge in [-0.05, 0) is 53.9 Å². The number of rotatable bonds is 8. The number of carbonyl (C=O) groups excluding carboxylic acids is 1. The Hall–Kier alpha value is -4.72. The quantitative estimate of drug-likeness (QED) is 0.103. The number of hydrogen-bond donors (Lipinski definition) is 0. The maximum atomic E-state index is 14.0. The summed E-state index contributed by atoms with van der Waals surface area (Å²) in [6.45, 7) is 1.89. The van der Waals surface area contributed by atoms with Crippen LogP contribution in [0.1, 0.15) is 29.0 Å². The molecule has 10 nitrogen and oxygen atoms in total. The number of thiophene rings is 1. The molecule has 0 saturated heterocycles. The Labute approximate surface area is 256 Å². The standard InChI is InChI=1S/C30H21N5O5S3/c1-2-40-28(37)24-25(19-8-4-3-5-9-19)33-30-34(26(24)22-10-6-15-41-22)27(36)23(43-30)17-18-11-12-21(20(16-18)35(38)39)42-29-31-13-7-14-32-29/h3-17,26H,2H2,1H3/b23-17+/t26-/m0/s1. The van der Waals surface area contributed by atoms with E-state index >= 15 is 0 Å². The lowest BCUT2D eigenvalue weighted by molar-refractivity contribution is -0.387. The highest BCUT2D eigenvalue weighted by Crippen LogP contribution is 2.37. The zero-order chi connectivity index (χ0) is 29.9. The molecule has 0 spiro atoms. The molecule has 1 atom stereocenters. The van der Waals surface area contributed by atoms with Gasteiger partial charge in [-0.25, -0.2) is 19.8 Å². The number of esters is 1. The first-order chi connectivity index (χ1) is 20.9. The van der Waals surface area contributed by atoms with Gasteiger partial charge in [0.1, 0.15) is 6.04 Å². The third-order valence-electron chi connectivity index (χ3n) is 6.41. The summed E-state index contributed by atoms with van der Waals surface area (Å²) in [5.74, 6) is -0.552. The Kier molecular flexibility index (Phi) is 8.09. The molecule has 0 unspecified atom stereocenters. The Morgan fingerprint density at radius 1 is 1.12 bits per heavy atom. The second-order valence-corrected chi connectivity index (χ2v) is 12.1. The van der Waals surface area contributed by atoms with E-state index in [9.17, 15) is 19.7 Å². The fourth-order valence-corrected chi connectivity index (χ4v) is 7.22. The topological polar surface area (TPSA) is 130 Å². The largest absolute Gasteiger partial charge is 0.463 e. The Balaban J connectivity index is 1.52. The Bertz CT molecular complexity index is 2040. The summed E-state index contributed by atoms with van der Waals surface area (Å²) in [5, 5.41) is 14.2. The number of benzene rings is 2. The van der Waals surface area contributed by atoms with Gasteiger partial charge >= 0.3 is 5.97 Å². The minimum Gasteiger partial charge on any atom is -0.463 e. The molecule has 0 saturated carbocycles. The summed E-state index contributed by atoms with van der Waals surface area (Å²) >= 11 is 3.66. The van der Waals surface area contributed by atoms with Crippen LogP contribution >= 0.6 is 34.4 Å². The van der Waals surface area contributed by atoms with Gasteiger partial charge in [-0.2, -0.15) is 0 Å². The number of aromatic nitrogens is 3. The number of thiazole rings is 1. The van der Waals surface area contributed by atoms with Crippen LogP contribution < -0.4 is 14.9 Å². The fraction of sp³-hybridized carbons (Fsp3) is 0.100. The van der Waals surface area contributed by atoms with Crippen molar-refractivity contribution in [1.29, 1.82) is 0 Å². The molecule has 2 aromatic carbocycles. The summed E-state index contributed by atoms with van der Waals surface area (Å²) in [6, 6.07) is 18.7. The molecule has 0 amide bonds. The molecule has 0 bridgehead atoms. The summed E-state index contributed by atoms with van der Waals surface area (Å²) < 4.78 is 7.29. The highest BCUT2D eigenvalue weighted by Gasteiger charge is 2.35. The number of carbonyl (C=O) groups is 1. The molecular weight excluding hydrogens is 607 g/mol. The minimum absolute atomic E-state index is 0.133. The van der Waals surface area contributed by atoms with Gasteiger partial charge in [-0.3, -0.25) is 19.5 Å². The van der Waals surface area contributed by atoms with Crippen LogP contribution in [-0.2, 0) is 9.53 Å². The molecular formula is C30H21N5O5S3. The van der Waals surface area contributed by atoms with Crippen LogP contribution in [0.2, 0.25) is 0 Å². The molecule has 6 rings (SSSR count). The Morgan fingerprint density at radius 3 is 2.60 bits per heavy atom. The normalized spacial score (nSPS) is 14.7. The van der Waals surface area contributed by atoms with E-state index in [1.807, 2.05) is 47.8 Å². The third-order valence-corrected chi connectivity index (χ3v) is 9.27. The fourth-order valence-electron chi connectivity index (χ4n) is 4.60. The molecule has 214 valence electrons. The first-order valence-corrected chi connectivity index (χ1v) is 15.5. The molecule has 0 radical (unpaired) electrons. The zero-order valence-electron chi connectivity index (χ0n) is 22.4. The number of nitro groups is 1. The van der Waals surface area contributed by atoms with Crippen molar-refractivity contribution in [1.82, 2.24) is 14.5 Å². The highest BCUT2D eigenvalue weighted by molar-refractivity contribution is 7.99. The molecule has 3 aromatic heterocycles. The van der Waals surface area contributed by atoms with Gasteiger partial charge in [-0.1, -0.05) is 53.8 Å². The van der Waals surface area contributed by atoms with Crippen molar-refractivity contribution in [2.24, 2.45) is 4.99 Å². The van der Waals surface area contributed by atoms with Gasteiger partial charge in [0.15, 0.2) is 9.96 Å². The number of fused-ring (bicyclic) bond motifs is 1. The van der Waals surface area contributed by atoms with Crippen molar-refractivity contribution in [2.45, 2.75) is 23.0 Å². The molecule has 1 aliphatic rings. The molecule has 5 aromatic rings. The van der Waals surface area contributed by atoms with Crippen LogP contribution in [0.5, 0.6) is 0 Å². The highest BCUT2D eigenvalue weighted by atomic mass is 32.2. The van der Waals surface area contributed by atoms with Gasteiger partial charge in [0.2, 0.25) is 0 Å². The smallest absolute Gasteiger partial charge is 0.338 e. The van der Waals surface area contributed by atoms with Crippen LogP contribution in [0, 0.1) is 10.1 Å². The van der Waals surface area contributed by atoms with E-state index in [-0.39, 0.29) is 23.4 Å². The third kappa shape index (κ3) is 5.69. The van der Waals surface area contributed by atoms with Gasteiger partial charge in [-0.15, -0.1) is 11.3 Å². The number of nitrogens with zero attached hydrogens (tertiary/aromatic N) is 5. The summed E-state index contributed by atoms with van der Waals surface area (Å²) in [7, 11) is 0. The van der Waals surface area contributed by atoms with Crippen molar-refractivity contribution < 1.29 is 14.5 Å². The Morgan fingerprint density at radius 2 is 1.91 bits per heavy atom. The predicted molar refractivity (Wildman–Crippen MR) is 165 cm³/mol. The summed E-state index contributed by atoms with van der Waals surface area (Å²) in [6.07, 6.45) is 4.73. The van der Waals surface area contributed by atoms with Crippen LogP contribution in [0.4, 0.5) is 5.69 Å². The van der Waals surface area contributed by atoms with E-state index in [0.29, 0.717) is 30.6 Å². The maximum Gasteiger partial charge on any atom is 0.338 e. The van der Waals surface area contributed by atoms with E-state index in [1.54, 1.807) is 43.6 Å². The summed E-state index contributed by atoms with van der Waals surface area (Å²) in [4.78, 5) is 53.5. The summed E-state index contributed by atoms with van der Waals surface area (Å²) in [5.41, 5.74) is 1.40. The van der Waals surface area contributed by atoms with Gasteiger partial charge in [0.25, 0.3) is 11.2 Å². The molecule has 43 heavy (non-hydrogen) atoms. The zero-order valence-corrected chi connectivity index (χ0v) is 24.9. The second kappa shape index (κ2) is 12.3. The lowest BCUT2D eigenvalue weighted by Gasteiger charge is -2.24. The first-order valence-electron chi connectivity index (χ1n) is 13.0. The van der Waals surface area contributed by atoms with Crippen LogP contribution in [0.3, 0.4) is 0 Å². The maximum absolute atomic E-state index is 14.0. The molecule has 0 aliphatic carbocycles. The van der Waals surface area contributed by atoms with Crippen molar-refractivity contribution in [2.75, 3.05) is 6.61 Å². The van der Waals surface area contributed by atoms with E-state index < -0.39 is 16.9 Å². The lowest BCUT2D eigenvalue weighted by atomic mass is 9.97. The second-order valence-electron chi connectivity index (χ2n) is 9.06. The van der Waals surface area contributed by atoms with Crippen molar-refractivity contribution in [3.8, 4) is 0 Å². The van der Waals surface area contributed by atoms with E-state index in [2.05, 4.69) is 9.97 Å². The SMILES string of the molecule is CCOC(=O)C1=C(c2ccccc2)N=c2s/c(=C/c3ccc(Sc4ncccn4)c([N+](=O)[O-])c3)c(=O)n2[C@H]1c1cccs1. The average molecular weight is 628 g/mol. The molecule has 0 N–H and O–H groups in total. The van der Waals surface area contributed by atoms with Gasteiger partial charge in [0, 0.05) is 28.9 Å².